The van der Waals surface area contributed by atoms with Gasteiger partial charge in [0.15, 0.2) is 0 Å². The molecule has 4 heteroatoms. The number of likely N-dealkylation sites (N-methyl/N-ethyl adjacent to an activating group) is 1. The number of likely N-dealkylation sites (tertiary alicyclic amines) is 1. The van der Waals surface area contributed by atoms with Crippen molar-refractivity contribution >= 4 is 0 Å². The lowest BCUT2D eigenvalue weighted by molar-refractivity contribution is 0.0991. The van der Waals surface area contributed by atoms with E-state index in [2.05, 4.69) is 34.8 Å². The summed E-state index contributed by atoms with van der Waals surface area (Å²) < 4.78 is 0. The summed E-state index contributed by atoms with van der Waals surface area (Å²) in [4.78, 5) is 9.27. The quantitative estimate of drug-likeness (QED) is 0.871. The Labute approximate surface area is 129 Å². The maximum Gasteiger partial charge on any atom is 0.0344 e. The van der Waals surface area contributed by atoms with Gasteiger partial charge in [0.25, 0.3) is 0 Å². The lowest BCUT2D eigenvalue weighted by Gasteiger charge is -2.41. The van der Waals surface area contributed by atoms with Gasteiger partial charge in [-0.1, -0.05) is 13.0 Å². The predicted octanol–water partition coefficient (Wildman–Crippen LogP) is 2.11. The molecular formula is C17H30N4. The molecule has 4 nitrogen and oxygen atoms in total. The van der Waals surface area contributed by atoms with Crippen LogP contribution in [0.25, 0.3) is 0 Å². The van der Waals surface area contributed by atoms with Crippen molar-refractivity contribution in [3.63, 3.8) is 0 Å². The SMILES string of the molecule is CCCN1CCCC(CN)(N(C)Cc2cccnc2)CC1. The Kier molecular flexibility index (Phi) is 6.15. The van der Waals surface area contributed by atoms with E-state index >= 15 is 0 Å². The van der Waals surface area contributed by atoms with Gasteiger partial charge in [-0.25, -0.2) is 0 Å². The number of pyridine rings is 1. The first kappa shape index (κ1) is 16.4. The Balaban J connectivity index is 2.02. The number of aromatic nitrogens is 1. The van der Waals surface area contributed by atoms with Crippen LogP contribution < -0.4 is 5.73 Å². The third kappa shape index (κ3) is 4.25. The van der Waals surface area contributed by atoms with Gasteiger partial charge in [-0.3, -0.25) is 9.88 Å². The summed E-state index contributed by atoms with van der Waals surface area (Å²) in [5.41, 5.74) is 7.61. The van der Waals surface area contributed by atoms with E-state index in [9.17, 15) is 0 Å². The maximum atomic E-state index is 6.21. The molecular weight excluding hydrogens is 260 g/mol. The second kappa shape index (κ2) is 7.87. The first-order valence-electron chi connectivity index (χ1n) is 8.23. The smallest absolute Gasteiger partial charge is 0.0344 e. The van der Waals surface area contributed by atoms with Crippen molar-refractivity contribution in [3.8, 4) is 0 Å². The molecule has 0 amide bonds. The van der Waals surface area contributed by atoms with Crippen LogP contribution in [0.2, 0.25) is 0 Å². The number of hydrogen-bond donors (Lipinski definition) is 1. The Bertz CT molecular complexity index is 409. The third-order valence-corrected chi connectivity index (χ3v) is 4.88. The van der Waals surface area contributed by atoms with Crippen molar-refractivity contribution in [2.24, 2.45) is 5.73 Å². The van der Waals surface area contributed by atoms with Gasteiger partial charge in [0.1, 0.15) is 0 Å². The number of hydrogen-bond acceptors (Lipinski definition) is 4. The minimum atomic E-state index is 0.137. The zero-order valence-corrected chi connectivity index (χ0v) is 13.6. The number of nitrogens with zero attached hydrogens (tertiary/aromatic N) is 3. The Morgan fingerprint density at radius 2 is 2.24 bits per heavy atom. The van der Waals surface area contributed by atoms with E-state index < -0.39 is 0 Å². The average molecular weight is 290 g/mol. The van der Waals surface area contributed by atoms with Crippen molar-refractivity contribution in [3.05, 3.63) is 30.1 Å². The lowest BCUT2D eigenvalue weighted by atomic mass is 9.88. The van der Waals surface area contributed by atoms with Crippen molar-refractivity contribution in [1.82, 2.24) is 14.8 Å². The van der Waals surface area contributed by atoms with Gasteiger partial charge >= 0.3 is 0 Å². The largest absolute Gasteiger partial charge is 0.329 e. The van der Waals surface area contributed by atoms with Gasteiger partial charge in [0.05, 0.1) is 0 Å². The summed E-state index contributed by atoms with van der Waals surface area (Å²) in [6, 6.07) is 4.15. The normalized spacial score (nSPS) is 24.2. The van der Waals surface area contributed by atoms with E-state index in [4.69, 9.17) is 5.73 Å². The fourth-order valence-corrected chi connectivity index (χ4v) is 3.45. The molecule has 0 aromatic carbocycles. The Morgan fingerprint density at radius 1 is 1.38 bits per heavy atom. The van der Waals surface area contributed by atoms with Crippen LogP contribution in [0.4, 0.5) is 0 Å². The molecule has 1 aliphatic heterocycles. The van der Waals surface area contributed by atoms with Gasteiger partial charge < -0.3 is 10.6 Å². The minimum absolute atomic E-state index is 0.137. The molecule has 1 atom stereocenters. The molecule has 2 N–H and O–H groups in total. The highest BCUT2D eigenvalue weighted by Crippen LogP contribution is 2.28. The number of rotatable bonds is 6. The molecule has 0 saturated carbocycles. The standard InChI is InChI=1S/C17H30N4/c1-3-10-21-11-5-7-17(15-18,8-12-21)20(2)14-16-6-4-9-19-13-16/h4,6,9,13H,3,5,7-8,10-12,14-15,18H2,1-2H3. The Morgan fingerprint density at radius 3 is 2.90 bits per heavy atom. The highest BCUT2D eigenvalue weighted by atomic mass is 15.2. The molecule has 0 radical (unpaired) electrons. The molecule has 1 fully saturated rings. The molecule has 2 rings (SSSR count). The molecule has 0 spiro atoms. The van der Waals surface area contributed by atoms with Crippen LogP contribution in [-0.4, -0.2) is 53.5 Å². The van der Waals surface area contributed by atoms with E-state index in [0.717, 1.165) is 13.1 Å². The molecule has 2 heterocycles. The average Bonchev–Trinajstić information content (AvgIpc) is 2.72. The molecule has 1 unspecified atom stereocenters. The van der Waals surface area contributed by atoms with Crippen LogP contribution in [0, 0.1) is 0 Å². The molecule has 1 aromatic heterocycles. The van der Waals surface area contributed by atoms with Crippen LogP contribution in [-0.2, 0) is 6.54 Å². The lowest BCUT2D eigenvalue weighted by Crippen LogP contribution is -2.52. The van der Waals surface area contributed by atoms with E-state index in [-0.39, 0.29) is 5.54 Å². The third-order valence-electron chi connectivity index (χ3n) is 4.88. The van der Waals surface area contributed by atoms with Crippen molar-refractivity contribution < 1.29 is 0 Å². The molecule has 21 heavy (non-hydrogen) atoms. The Hall–Kier alpha value is -0.970. The van der Waals surface area contributed by atoms with Gasteiger partial charge in [-0.05, 0) is 64.0 Å². The first-order chi connectivity index (χ1) is 10.2. The summed E-state index contributed by atoms with van der Waals surface area (Å²) in [7, 11) is 2.22. The van der Waals surface area contributed by atoms with Crippen LogP contribution >= 0.6 is 0 Å². The number of nitrogens with two attached hydrogens (primary N) is 1. The summed E-state index contributed by atoms with van der Waals surface area (Å²) in [6.45, 7) is 7.53. The fourth-order valence-electron chi connectivity index (χ4n) is 3.45. The van der Waals surface area contributed by atoms with Crippen LogP contribution in [0.15, 0.2) is 24.5 Å². The summed E-state index contributed by atoms with van der Waals surface area (Å²) in [5, 5.41) is 0. The van der Waals surface area contributed by atoms with Gasteiger partial charge in [-0.15, -0.1) is 0 Å². The molecule has 118 valence electrons. The molecule has 1 aromatic rings. The topological polar surface area (TPSA) is 45.4 Å². The van der Waals surface area contributed by atoms with Gasteiger partial charge in [0.2, 0.25) is 0 Å². The molecule has 1 aliphatic rings. The van der Waals surface area contributed by atoms with Crippen LogP contribution in [0.3, 0.4) is 0 Å². The van der Waals surface area contributed by atoms with Crippen LogP contribution in [0.5, 0.6) is 0 Å². The minimum Gasteiger partial charge on any atom is -0.329 e. The highest BCUT2D eigenvalue weighted by molar-refractivity contribution is 5.09. The zero-order chi connectivity index (χ0) is 15.1. The second-order valence-electron chi connectivity index (χ2n) is 6.34. The van der Waals surface area contributed by atoms with Crippen molar-refractivity contribution in [2.45, 2.75) is 44.7 Å². The monoisotopic (exact) mass is 290 g/mol. The summed E-state index contributed by atoms with van der Waals surface area (Å²) >= 11 is 0. The second-order valence-corrected chi connectivity index (χ2v) is 6.34. The van der Waals surface area contributed by atoms with E-state index in [0.29, 0.717) is 0 Å². The first-order valence-corrected chi connectivity index (χ1v) is 8.23. The van der Waals surface area contributed by atoms with E-state index in [1.165, 1.54) is 50.9 Å². The highest BCUT2D eigenvalue weighted by Gasteiger charge is 2.34. The fraction of sp³-hybridized carbons (Fsp3) is 0.706. The predicted molar refractivity (Wildman–Crippen MR) is 88.1 cm³/mol. The van der Waals surface area contributed by atoms with Crippen LogP contribution in [0.1, 0.15) is 38.2 Å². The zero-order valence-electron chi connectivity index (χ0n) is 13.6. The molecule has 1 saturated heterocycles. The summed E-state index contributed by atoms with van der Waals surface area (Å²) in [6.07, 6.45) is 8.63. The van der Waals surface area contributed by atoms with Gasteiger partial charge in [-0.2, -0.15) is 0 Å². The van der Waals surface area contributed by atoms with E-state index in [1.54, 1.807) is 0 Å². The molecule has 0 aliphatic carbocycles. The van der Waals surface area contributed by atoms with Crippen molar-refractivity contribution in [2.75, 3.05) is 33.2 Å². The summed E-state index contributed by atoms with van der Waals surface area (Å²) in [5.74, 6) is 0. The van der Waals surface area contributed by atoms with E-state index in [1.807, 2.05) is 18.5 Å². The van der Waals surface area contributed by atoms with Gasteiger partial charge in [0, 0.05) is 31.0 Å². The molecule has 0 bridgehead atoms. The maximum absolute atomic E-state index is 6.21. The van der Waals surface area contributed by atoms with Crippen molar-refractivity contribution in [1.29, 1.82) is 0 Å².